The van der Waals surface area contributed by atoms with Gasteiger partial charge in [0.1, 0.15) is 11.6 Å². The normalized spacial score (nSPS) is 13.1. The fourth-order valence-corrected chi connectivity index (χ4v) is 2.36. The second-order valence-electron chi connectivity index (χ2n) is 5.55. The van der Waals surface area contributed by atoms with Gasteiger partial charge in [0, 0.05) is 0 Å². The highest BCUT2D eigenvalue weighted by atomic mass is 19.1. The van der Waals surface area contributed by atoms with E-state index in [1.54, 1.807) is 31.2 Å². The van der Waals surface area contributed by atoms with Gasteiger partial charge in [-0.15, -0.1) is 0 Å². The van der Waals surface area contributed by atoms with Gasteiger partial charge in [0.15, 0.2) is 0 Å². The number of halogens is 1. The average molecular weight is 316 g/mol. The van der Waals surface area contributed by atoms with Crippen LogP contribution >= 0.6 is 0 Å². The molecule has 2 rings (SSSR count). The Hall–Kier alpha value is -2.43. The van der Waals surface area contributed by atoms with E-state index in [1.165, 1.54) is 16.8 Å². The zero-order valence-electron chi connectivity index (χ0n) is 13.6. The van der Waals surface area contributed by atoms with Gasteiger partial charge in [0.2, 0.25) is 0 Å². The molecule has 1 aromatic heterocycles. The minimum Gasteiger partial charge on any atom is -0.507 e. The van der Waals surface area contributed by atoms with Crippen molar-refractivity contribution >= 4 is 5.76 Å². The second kappa shape index (κ2) is 7.22. The van der Waals surface area contributed by atoms with Crippen LogP contribution in [0.25, 0.3) is 5.76 Å². The number of aliphatic hydroxyl groups is 1. The summed E-state index contributed by atoms with van der Waals surface area (Å²) in [5.41, 5.74) is 1.27. The maximum Gasteiger partial charge on any atom is 0.278 e. The highest BCUT2D eigenvalue weighted by molar-refractivity contribution is 5.57. The first-order valence-corrected chi connectivity index (χ1v) is 7.69. The van der Waals surface area contributed by atoms with E-state index in [0.29, 0.717) is 12.1 Å². The topological polar surface area (TPSA) is 55.1 Å². The van der Waals surface area contributed by atoms with Gasteiger partial charge in [-0.2, -0.15) is 5.10 Å². The lowest BCUT2D eigenvalue weighted by Gasteiger charge is -2.16. The van der Waals surface area contributed by atoms with Crippen LogP contribution < -0.4 is 5.56 Å². The summed E-state index contributed by atoms with van der Waals surface area (Å²) in [4.78, 5) is 12.6. The first-order valence-electron chi connectivity index (χ1n) is 7.69. The highest BCUT2D eigenvalue weighted by Crippen LogP contribution is 2.17. The lowest BCUT2D eigenvalue weighted by molar-refractivity contribution is 0.492. The maximum absolute atomic E-state index is 13.1. The van der Waals surface area contributed by atoms with Gasteiger partial charge in [-0.05, 0) is 50.1 Å². The minimum atomic E-state index is -0.364. The Morgan fingerprint density at radius 3 is 2.65 bits per heavy atom. The standard InChI is InChI=1S/C18H21FN2O2/c1-4-5-6-17(22)16-11-12(2)20-21(18(16)23)13(3)14-7-9-15(19)10-8-14/h6-11,13,22H,4-5H2,1-3H3/b17-6-/t13-/m1/s1. The van der Waals surface area contributed by atoms with Crippen molar-refractivity contribution in [3.63, 3.8) is 0 Å². The van der Waals surface area contributed by atoms with Crippen molar-refractivity contribution in [2.45, 2.75) is 39.7 Å². The van der Waals surface area contributed by atoms with Gasteiger partial charge in [-0.1, -0.05) is 25.5 Å². The van der Waals surface area contributed by atoms with Crippen molar-refractivity contribution in [2.75, 3.05) is 0 Å². The Balaban J connectivity index is 2.49. The van der Waals surface area contributed by atoms with E-state index in [0.717, 1.165) is 12.0 Å². The summed E-state index contributed by atoms with van der Waals surface area (Å²) in [7, 11) is 0. The molecule has 1 N–H and O–H groups in total. The van der Waals surface area contributed by atoms with Gasteiger partial charge >= 0.3 is 0 Å². The van der Waals surface area contributed by atoms with E-state index in [4.69, 9.17) is 0 Å². The zero-order chi connectivity index (χ0) is 17.0. The Morgan fingerprint density at radius 2 is 2.04 bits per heavy atom. The molecule has 0 radical (unpaired) electrons. The molecule has 0 unspecified atom stereocenters. The van der Waals surface area contributed by atoms with Crippen LogP contribution in [0.4, 0.5) is 4.39 Å². The summed E-state index contributed by atoms with van der Waals surface area (Å²) < 4.78 is 14.4. The molecule has 0 bridgehead atoms. The molecule has 0 saturated carbocycles. The molecule has 0 saturated heterocycles. The third-order valence-electron chi connectivity index (χ3n) is 3.68. The summed E-state index contributed by atoms with van der Waals surface area (Å²) >= 11 is 0. The molecule has 0 spiro atoms. The molecule has 122 valence electrons. The largest absolute Gasteiger partial charge is 0.507 e. The predicted molar refractivity (Wildman–Crippen MR) is 89.0 cm³/mol. The molecular weight excluding hydrogens is 295 g/mol. The fraction of sp³-hybridized carbons (Fsp3) is 0.333. The molecule has 4 nitrogen and oxygen atoms in total. The molecular formula is C18H21FN2O2. The predicted octanol–water partition coefficient (Wildman–Crippen LogP) is 4.00. The van der Waals surface area contributed by atoms with Crippen molar-refractivity contribution in [3.05, 3.63) is 69.4 Å². The lowest BCUT2D eigenvalue weighted by Crippen LogP contribution is -2.29. The molecule has 1 heterocycles. The van der Waals surface area contributed by atoms with Crippen molar-refractivity contribution in [2.24, 2.45) is 0 Å². The van der Waals surface area contributed by atoms with Crippen molar-refractivity contribution < 1.29 is 9.50 Å². The van der Waals surface area contributed by atoms with Crippen LogP contribution in [0.15, 0.2) is 41.2 Å². The number of aryl methyl sites for hydroxylation is 1. The number of rotatable bonds is 5. The molecule has 0 aliphatic carbocycles. The van der Waals surface area contributed by atoms with E-state index in [-0.39, 0.29) is 28.7 Å². The summed E-state index contributed by atoms with van der Waals surface area (Å²) in [6.07, 6.45) is 3.22. The second-order valence-corrected chi connectivity index (χ2v) is 5.55. The Kier molecular flexibility index (Phi) is 5.32. The van der Waals surface area contributed by atoms with E-state index in [1.807, 2.05) is 13.8 Å². The number of benzene rings is 1. The summed E-state index contributed by atoms with van der Waals surface area (Å²) in [6, 6.07) is 7.18. The minimum absolute atomic E-state index is 0.0255. The number of aliphatic hydroxyl groups excluding tert-OH is 1. The number of unbranched alkanes of at least 4 members (excludes halogenated alkanes) is 1. The van der Waals surface area contributed by atoms with Gasteiger partial charge in [0.05, 0.1) is 17.3 Å². The van der Waals surface area contributed by atoms with E-state index >= 15 is 0 Å². The van der Waals surface area contributed by atoms with Crippen molar-refractivity contribution in [3.8, 4) is 0 Å². The van der Waals surface area contributed by atoms with E-state index in [2.05, 4.69) is 5.10 Å². The Morgan fingerprint density at radius 1 is 1.39 bits per heavy atom. The number of hydrogen-bond acceptors (Lipinski definition) is 3. The van der Waals surface area contributed by atoms with Crippen LogP contribution in [0, 0.1) is 12.7 Å². The lowest BCUT2D eigenvalue weighted by atomic mass is 10.1. The molecule has 0 aliphatic rings. The van der Waals surface area contributed by atoms with Crippen LogP contribution in [0.2, 0.25) is 0 Å². The maximum atomic E-state index is 13.1. The third kappa shape index (κ3) is 3.86. The van der Waals surface area contributed by atoms with Gasteiger partial charge in [-0.25, -0.2) is 9.07 Å². The van der Waals surface area contributed by atoms with Gasteiger partial charge < -0.3 is 5.11 Å². The summed E-state index contributed by atoms with van der Waals surface area (Å²) in [6.45, 7) is 5.58. The Bertz CT molecular complexity index is 764. The number of hydrogen-bond donors (Lipinski definition) is 1. The molecule has 0 aliphatic heterocycles. The molecule has 1 aromatic carbocycles. The quantitative estimate of drug-likeness (QED) is 0.848. The van der Waals surface area contributed by atoms with Crippen LogP contribution in [0.5, 0.6) is 0 Å². The van der Waals surface area contributed by atoms with Crippen LogP contribution in [-0.2, 0) is 0 Å². The number of nitrogens with zero attached hydrogens (tertiary/aromatic N) is 2. The van der Waals surface area contributed by atoms with Gasteiger partial charge in [0.25, 0.3) is 5.56 Å². The molecule has 0 amide bonds. The van der Waals surface area contributed by atoms with E-state index in [9.17, 15) is 14.3 Å². The first kappa shape index (κ1) is 16.9. The smallest absolute Gasteiger partial charge is 0.278 e. The molecule has 5 heteroatoms. The summed E-state index contributed by atoms with van der Waals surface area (Å²) in [5, 5.41) is 14.4. The molecule has 1 atom stereocenters. The van der Waals surface area contributed by atoms with E-state index < -0.39 is 0 Å². The Labute approximate surface area is 134 Å². The number of allylic oxidation sites excluding steroid dienone is 1. The highest BCUT2D eigenvalue weighted by Gasteiger charge is 2.16. The van der Waals surface area contributed by atoms with Crippen molar-refractivity contribution in [1.29, 1.82) is 0 Å². The van der Waals surface area contributed by atoms with Crippen LogP contribution in [-0.4, -0.2) is 14.9 Å². The SMILES string of the molecule is CCC/C=C(\O)c1cc(C)nn([C@H](C)c2ccc(F)cc2)c1=O. The zero-order valence-corrected chi connectivity index (χ0v) is 13.6. The van der Waals surface area contributed by atoms with Gasteiger partial charge in [-0.3, -0.25) is 4.79 Å². The monoisotopic (exact) mass is 316 g/mol. The summed E-state index contributed by atoms with van der Waals surface area (Å²) in [5.74, 6) is -0.353. The average Bonchev–Trinajstić information content (AvgIpc) is 2.54. The fourth-order valence-electron chi connectivity index (χ4n) is 2.36. The third-order valence-corrected chi connectivity index (χ3v) is 3.68. The molecule has 23 heavy (non-hydrogen) atoms. The van der Waals surface area contributed by atoms with Crippen LogP contribution in [0.1, 0.15) is 49.6 Å². The molecule has 0 fully saturated rings. The van der Waals surface area contributed by atoms with Crippen molar-refractivity contribution in [1.82, 2.24) is 9.78 Å². The first-order chi connectivity index (χ1) is 10.9. The number of aromatic nitrogens is 2. The molecule has 2 aromatic rings. The van der Waals surface area contributed by atoms with Crippen LogP contribution in [0.3, 0.4) is 0 Å².